The minimum atomic E-state index is -0.225. The van der Waals surface area contributed by atoms with E-state index >= 15 is 0 Å². The molecule has 1 saturated carbocycles. The zero-order valence-corrected chi connectivity index (χ0v) is 12.0. The number of nitrogens with one attached hydrogen (secondary N) is 2. The van der Waals surface area contributed by atoms with Crippen LogP contribution in [0, 0.1) is 5.82 Å². The van der Waals surface area contributed by atoms with Crippen molar-refractivity contribution >= 4 is 6.03 Å². The maximum atomic E-state index is 13.0. The molecular formula is C16H21FN2O2. The van der Waals surface area contributed by atoms with E-state index in [4.69, 9.17) is 4.74 Å². The van der Waals surface area contributed by atoms with Crippen molar-refractivity contribution < 1.29 is 13.9 Å². The Morgan fingerprint density at radius 1 is 1.29 bits per heavy atom. The summed E-state index contributed by atoms with van der Waals surface area (Å²) in [5.74, 6) is -0.225. The average Bonchev–Trinajstić information content (AvgIpc) is 3.10. The Morgan fingerprint density at radius 2 is 2.05 bits per heavy atom. The van der Waals surface area contributed by atoms with Gasteiger partial charge in [0.2, 0.25) is 0 Å². The second-order valence-electron chi connectivity index (χ2n) is 5.99. The van der Waals surface area contributed by atoms with Gasteiger partial charge in [0.1, 0.15) is 5.82 Å². The summed E-state index contributed by atoms with van der Waals surface area (Å²) in [6.45, 7) is 1.95. The highest BCUT2D eigenvalue weighted by Crippen LogP contribution is 2.47. The molecule has 2 N–H and O–H groups in total. The normalized spacial score (nSPS) is 22.8. The number of rotatable bonds is 5. The number of carbonyl (C=O) groups excluding carboxylic acids is 1. The van der Waals surface area contributed by atoms with Gasteiger partial charge in [-0.2, -0.15) is 0 Å². The summed E-state index contributed by atoms with van der Waals surface area (Å²) in [6.07, 6.45) is 4.30. The molecule has 1 aliphatic carbocycles. The molecule has 2 fully saturated rings. The smallest absolute Gasteiger partial charge is 0.314 e. The fourth-order valence-electron chi connectivity index (χ4n) is 2.85. The van der Waals surface area contributed by atoms with Crippen LogP contribution in [0.5, 0.6) is 0 Å². The predicted octanol–water partition coefficient (Wildman–Crippen LogP) is 2.34. The van der Waals surface area contributed by atoms with Gasteiger partial charge in [-0.15, -0.1) is 0 Å². The lowest BCUT2D eigenvalue weighted by molar-refractivity contribution is 0.111. The maximum Gasteiger partial charge on any atom is 0.314 e. The van der Waals surface area contributed by atoms with E-state index in [0.29, 0.717) is 13.1 Å². The number of halogens is 1. The van der Waals surface area contributed by atoms with Gasteiger partial charge in [-0.05, 0) is 43.4 Å². The molecule has 0 bridgehead atoms. The standard InChI is InChI=1S/C16H21FN2O2/c17-13-5-3-12(4-6-13)16(7-8-16)11-19-15(20)18-10-14-2-1-9-21-14/h3-6,14H,1-2,7-11H2,(H2,18,19,20)/t14-/m1/s1. The van der Waals surface area contributed by atoms with Crippen molar-refractivity contribution in [2.45, 2.75) is 37.2 Å². The molecule has 1 atom stereocenters. The topological polar surface area (TPSA) is 50.4 Å². The Balaban J connectivity index is 1.45. The lowest BCUT2D eigenvalue weighted by atomic mass is 9.96. The molecule has 1 aliphatic heterocycles. The molecule has 21 heavy (non-hydrogen) atoms. The van der Waals surface area contributed by atoms with Crippen molar-refractivity contribution in [1.29, 1.82) is 0 Å². The number of ether oxygens (including phenoxy) is 1. The summed E-state index contributed by atoms with van der Waals surface area (Å²) in [6, 6.07) is 6.43. The van der Waals surface area contributed by atoms with Gasteiger partial charge in [-0.3, -0.25) is 0 Å². The van der Waals surface area contributed by atoms with Crippen LogP contribution in [-0.2, 0) is 10.2 Å². The molecule has 114 valence electrons. The fourth-order valence-corrected chi connectivity index (χ4v) is 2.85. The Hall–Kier alpha value is -1.62. The molecule has 1 aromatic rings. The molecule has 2 amide bonds. The van der Waals surface area contributed by atoms with Crippen LogP contribution in [0.2, 0.25) is 0 Å². The molecule has 1 aromatic carbocycles. The third-order valence-electron chi connectivity index (χ3n) is 4.41. The Labute approximate surface area is 124 Å². The molecule has 4 nitrogen and oxygen atoms in total. The summed E-state index contributed by atoms with van der Waals surface area (Å²) in [5, 5.41) is 5.77. The van der Waals surface area contributed by atoms with Crippen molar-refractivity contribution in [3.8, 4) is 0 Å². The number of benzene rings is 1. The van der Waals surface area contributed by atoms with Gasteiger partial charge in [0.05, 0.1) is 6.10 Å². The van der Waals surface area contributed by atoms with Gasteiger partial charge < -0.3 is 15.4 Å². The average molecular weight is 292 g/mol. The number of hydrogen-bond acceptors (Lipinski definition) is 2. The van der Waals surface area contributed by atoms with E-state index in [1.807, 2.05) is 12.1 Å². The summed E-state index contributed by atoms with van der Waals surface area (Å²) in [4.78, 5) is 11.8. The van der Waals surface area contributed by atoms with Crippen molar-refractivity contribution in [1.82, 2.24) is 10.6 Å². The number of amides is 2. The van der Waals surface area contributed by atoms with Crippen LogP contribution in [0.15, 0.2) is 24.3 Å². The summed E-state index contributed by atoms with van der Waals surface area (Å²) >= 11 is 0. The van der Waals surface area contributed by atoms with Crippen molar-refractivity contribution in [3.63, 3.8) is 0 Å². The predicted molar refractivity (Wildman–Crippen MR) is 77.7 cm³/mol. The first kappa shape index (κ1) is 14.3. The highest BCUT2D eigenvalue weighted by atomic mass is 19.1. The number of hydrogen-bond donors (Lipinski definition) is 2. The second kappa shape index (κ2) is 6.02. The maximum absolute atomic E-state index is 13.0. The van der Waals surface area contributed by atoms with Gasteiger partial charge in [-0.25, -0.2) is 9.18 Å². The first-order valence-corrected chi connectivity index (χ1v) is 7.57. The van der Waals surface area contributed by atoms with Crippen LogP contribution in [0.4, 0.5) is 9.18 Å². The highest BCUT2D eigenvalue weighted by Gasteiger charge is 2.44. The van der Waals surface area contributed by atoms with E-state index in [-0.39, 0.29) is 23.4 Å². The Morgan fingerprint density at radius 3 is 2.67 bits per heavy atom. The fraction of sp³-hybridized carbons (Fsp3) is 0.562. The zero-order chi connectivity index (χ0) is 14.7. The van der Waals surface area contributed by atoms with Gasteiger partial charge in [0, 0.05) is 25.1 Å². The van der Waals surface area contributed by atoms with E-state index in [1.165, 1.54) is 12.1 Å². The SMILES string of the molecule is O=C(NC[C@H]1CCCO1)NCC1(c2ccc(F)cc2)CC1. The van der Waals surface area contributed by atoms with E-state index in [9.17, 15) is 9.18 Å². The Kier molecular flexibility index (Phi) is 4.10. The molecule has 5 heteroatoms. The van der Waals surface area contributed by atoms with Crippen LogP contribution in [0.25, 0.3) is 0 Å². The van der Waals surface area contributed by atoms with Crippen molar-refractivity contribution in [2.24, 2.45) is 0 Å². The second-order valence-corrected chi connectivity index (χ2v) is 5.99. The van der Waals surface area contributed by atoms with Gasteiger partial charge in [0.15, 0.2) is 0 Å². The van der Waals surface area contributed by atoms with Gasteiger partial charge in [0.25, 0.3) is 0 Å². The largest absolute Gasteiger partial charge is 0.376 e. The third-order valence-corrected chi connectivity index (χ3v) is 4.41. The molecule has 1 saturated heterocycles. The monoisotopic (exact) mass is 292 g/mol. The van der Waals surface area contributed by atoms with E-state index in [2.05, 4.69) is 10.6 Å². The summed E-state index contributed by atoms with van der Waals surface area (Å²) in [7, 11) is 0. The first-order valence-electron chi connectivity index (χ1n) is 7.57. The molecular weight excluding hydrogens is 271 g/mol. The van der Waals surface area contributed by atoms with Gasteiger partial charge >= 0.3 is 6.03 Å². The van der Waals surface area contributed by atoms with E-state index in [0.717, 1.165) is 37.9 Å². The quantitative estimate of drug-likeness (QED) is 0.875. The van der Waals surface area contributed by atoms with Gasteiger partial charge in [-0.1, -0.05) is 12.1 Å². The molecule has 0 radical (unpaired) electrons. The molecule has 3 rings (SSSR count). The van der Waals surface area contributed by atoms with Crippen LogP contribution in [0.3, 0.4) is 0 Å². The van der Waals surface area contributed by atoms with Crippen LogP contribution < -0.4 is 10.6 Å². The minimum absolute atomic E-state index is 0.00506. The minimum Gasteiger partial charge on any atom is -0.376 e. The molecule has 0 spiro atoms. The zero-order valence-electron chi connectivity index (χ0n) is 12.0. The molecule has 2 aliphatic rings. The molecule has 0 unspecified atom stereocenters. The van der Waals surface area contributed by atoms with Crippen molar-refractivity contribution in [3.05, 3.63) is 35.6 Å². The molecule has 1 heterocycles. The van der Waals surface area contributed by atoms with E-state index in [1.54, 1.807) is 0 Å². The number of carbonyl (C=O) groups is 1. The Bertz CT molecular complexity index is 494. The molecule has 0 aromatic heterocycles. The number of urea groups is 1. The highest BCUT2D eigenvalue weighted by molar-refractivity contribution is 5.74. The lowest BCUT2D eigenvalue weighted by Crippen LogP contribution is -2.42. The van der Waals surface area contributed by atoms with Crippen molar-refractivity contribution in [2.75, 3.05) is 19.7 Å². The lowest BCUT2D eigenvalue weighted by Gasteiger charge is -2.17. The van der Waals surface area contributed by atoms with Crippen LogP contribution in [0.1, 0.15) is 31.2 Å². The van der Waals surface area contributed by atoms with Crippen LogP contribution in [-0.4, -0.2) is 31.8 Å². The van der Waals surface area contributed by atoms with Crippen LogP contribution >= 0.6 is 0 Å². The third kappa shape index (κ3) is 3.53. The first-order chi connectivity index (χ1) is 10.2. The summed E-state index contributed by atoms with van der Waals surface area (Å²) < 4.78 is 18.4. The van der Waals surface area contributed by atoms with E-state index < -0.39 is 0 Å². The summed E-state index contributed by atoms with van der Waals surface area (Å²) in [5.41, 5.74) is 1.10.